The number of hydrogen-bond acceptors (Lipinski definition) is 2. The van der Waals surface area contributed by atoms with E-state index in [2.05, 4.69) is 72.8 Å². The van der Waals surface area contributed by atoms with Gasteiger partial charge in [0.15, 0.2) is 0 Å². The Labute approximate surface area is 103 Å². The van der Waals surface area contributed by atoms with Crippen molar-refractivity contribution in [3.05, 3.63) is 60.2 Å². The smallest absolute Gasteiger partial charge is 0.0400 e. The average Bonchev–Trinajstić information content (AvgIpc) is 2.38. The largest absolute Gasteiger partial charge is 0.381 e. The summed E-state index contributed by atoms with van der Waals surface area (Å²) in [7, 11) is 4.10. The average molecular weight is 226 g/mol. The van der Waals surface area contributed by atoms with Gasteiger partial charge in [-0.05, 0) is 23.8 Å². The van der Waals surface area contributed by atoms with Crippen LogP contribution in [0, 0.1) is 0 Å². The second-order valence-corrected chi connectivity index (χ2v) is 4.28. The minimum atomic E-state index is 0.859. The van der Waals surface area contributed by atoms with Crippen LogP contribution >= 0.6 is 0 Å². The first-order valence-electron chi connectivity index (χ1n) is 5.81. The zero-order valence-electron chi connectivity index (χ0n) is 10.4. The number of nitrogens with one attached hydrogen (secondary N) is 1. The van der Waals surface area contributed by atoms with E-state index in [0.29, 0.717) is 0 Å². The van der Waals surface area contributed by atoms with Gasteiger partial charge in [-0.2, -0.15) is 0 Å². The maximum Gasteiger partial charge on any atom is 0.0400 e. The molecule has 2 rings (SSSR count). The molecule has 0 aliphatic heterocycles. The second kappa shape index (κ2) is 5.39. The van der Waals surface area contributed by atoms with E-state index in [9.17, 15) is 0 Å². The van der Waals surface area contributed by atoms with Crippen LogP contribution < -0.4 is 10.2 Å². The normalized spacial score (nSPS) is 10.0. The quantitative estimate of drug-likeness (QED) is 0.860. The predicted molar refractivity (Wildman–Crippen MR) is 74.5 cm³/mol. The molecule has 0 aliphatic rings. The second-order valence-electron chi connectivity index (χ2n) is 4.28. The van der Waals surface area contributed by atoms with Gasteiger partial charge in [-0.3, -0.25) is 0 Å². The summed E-state index contributed by atoms with van der Waals surface area (Å²) in [5.41, 5.74) is 3.66. The molecule has 2 aromatic rings. The Bertz CT molecular complexity index is 463. The summed E-state index contributed by atoms with van der Waals surface area (Å²) < 4.78 is 0. The van der Waals surface area contributed by atoms with Crippen LogP contribution in [0.5, 0.6) is 0 Å². The third kappa shape index (κ3) is 3.25. The van der Waals surface area contributed by atoms with E-state index < -0.39 is 0 Å². The fourth-order valence-corrected chi connectivity index (χ4v) is 1.69. The van der Waals surface area contributed by atoms with Crippen LogP contribution in [0.25, 0.3) is 0 Å². The van der Waals surface area contributed by atoms with Gasteiger partial charge in [-0.25, -0.2) is 0 Å². The Morgan fingerprint density at radius 3 is 2.41 bits per heavy atom. The minimum absolute atomic E-state index is 0.859. The van der Waals surface area contributed by atoms with Gasteiger partial charge in [0, 0.05) is 32.0 Å². The van der Waals surface area contributed by atoms with Crippen LogP contribution in [0.3, 0.4) is 0 Å². The molecular weight excluding hydrogens is 208 g/mol. The van der Waals surface area contributed by atoms with Gasteiger partial charge in [0.1, 0.15) is 0 Å². The van der Waals surface area contributed by atoms with Crippen molar-refractivity contribution >= 4 is 11.4 Å². The maximum atomic E-state index is 3.43. The Balaban J connectivity index is 2.02. The van der Waals surface area contributed by atoms with Gasteiger partial charge in [0.05, 0.1) is 0 Å². The highest BCUT2D eigenvalue weighted by molar-refractivity contribution is 5.57. The van der Waals surface area contributed by atoms with Crippen LogP contribution in [0.15, 0.2) is 54.6 Å². The number of benzene rings is 2. The van der Waals surface area contributed by atoms with Crippen molar-refractivity contribution in [3.8, 4) is 0 Å². The van der Waals surface area contributed by atoms with E-state index in [-0.39, 0.29) is 0 Å². The Kier molecular flexibility index (Phi) is 3.66. The molecule has 0 spiro atoms. The zero-order valence-corrected chi connectivity index (χ0v) is 10.4. The molecule has 17 heavy (non-hydrogen) atoms. The number of anilines is 2. The SMILES string of the molecule is CN(C)c1cccc(NCc2ccccc2)c1. The molecule has 0 aliphatic carbocycles. The first kappa shape index (κ1) is 11.5. The van der Waals surface area contributed by atoms with Crippen LogP contribution in [-0.4, -0.2) is 14.1 Å². The molecule has 0 saturated heterocycles. The minimum Gasteiger partial charge on any atom is -0.381 e. The predicted octanol–water partition coefficient (Wildman–Crippen LogP) is 3.36. The molecule has 1 N–H and O–H groups in total. The standard InChI is InChI=1S/C15H18N2/c1-17(2)15-10-6-9-14(11-15)16-12-13-7-4-3-5-8-13/h3-11,16H,12H2,1-2H3. The first-order valence-corrected chi connectivity index (χ1v) is 5.81. The monoisotopic (exact) mass is 226 g/mol. The molecule has 0 amide bonds. The topological polar surface area (TPSA) is 15.3 Å². The Morgan fingerprint density at radius 2 is 1.71 bits per heavy atom. The summed E-state index contributed by atoms with van der Waals surface area (Å²) in [4.78, 5) is 2.10. The number of hydrogen-bond donors (Lipinski definition) is 1. The van der Waals surface area contributed by atoms with E-state index in [4.69, 9.17) is 0 Å². The molecule has 0 aromatic heterocycles. The summed E-state index contributed by atoms with van der Waals surface area (Å²) >= 11 is 0. The summed E-state index contributed by atoms with van der Waals surface area (Å²) in [5, 5.41) is 3.43. The lowest BCUT2D eigenvalue weighted by molar-refractivity contribution is 1.12. The lowest BCUT2D eigenvalue weighted by Gasteiger charge is -2.14. The molecule has 88 valence electrons. The fraction of sp³-hybridized carbons (Fsp3) is 0.200. The van der Waals surface area contributed by atoms with Crippen molar-refractivity contribution in [2.45, 2.75) is 6.54 Å². The van der Waals surface area contributed by atoms with Crippen molar-refractivity contribution in [1.82, 2.24) is 0 Å². The van der Waals surface area contributed by atoms with Gasteiger partial charge < -0.3 is 10.2 Å². The van der Waals surface area contributed by atoms with Gasteiger partial charge >= 0.3 is 0 Å². The molecule has 0 heterocycles. The van der Waals surface area contributed by atoms with Crippen molar-refractivity contribution in [2.24, 2.45) is 0 Å². The molecule has 2 nitrogen and oxygen atoms in total. The third-order valence-electron chi connectivity index (χ3n) is 2.70. The zero-order chi connectivity index (χ0) is 12.1. The fourth-order valence-electron chi connectivity index (χ4n) is 1.69. The van der Waals surface area contributed by atoms with Crippen molar-refractivity contribution in [1.29, 1.82) is 0 Å². The molecule has 0 radical (unpaired) electrons. The lowest BCUT2D eigenvalue weighted by atomic mass is 10.2. The van der Waals surface area contributed by atoms with E-state index in [0.717, 1.165) is 12.2 Å². The van der Waals surface area contributed by atoms with E-state index in [1.165, 1.54) is 11.3 Å². The summed E-state index contributed by atoms with van der Waals surface area (Å²) in [5.74, 6) is 0. The molecule has 0 atom stereocenters. The summed E-state index contributed by atoms with van der Waals surface area (Å²) in [6, 6.07) is 18.8. The van der Waals surface area contributed by atoms with Crippen LogP contribution in [-0.2, 0) is 6.54 Å². The summed E-state index contributed by atoms with van der Waals surface area (Å²) in [6.07, 6.45) is 0. The molecule has 0 bridgehead atoms. The Morgan fingerprint density at radius 1 is 0.941 bits per heavy atom. The van der Waals surface area contributed by atoms with E-state index in [1.54, 1.807) is 0 Å². The number of nitrogens with zero attached hydrogens (tertiary/aromatic N) is 1. The van der Waals surface area contributed by atoms with Gasteiger partial charge in [-0.1, -0.05) is 36.4 Å². The Hall–Kier alpha value is -1.96. The van der Waals surface area contributed by atoms with Gasteiger partial charge in [0.25, 0.3) is 0 Å². The van der Waals surface area contributed by atoms with E-state index >= 15 is 0 Å². The number of rotatable bonds is 4. The van der Waals surface area contributed by atoms with Crippen LogP contribution in [0.1, 0.15) is 5.56 Å². The van der Waals surface area contributed by atoms with E-state index in [1.807, 2.05) is 6.07 Å². The third-order valence-corrected chi connectivity index (χ3v) is 2.70. The molecule has 0 fully saturated rings. The highest BCUT2D eigenvalue weighted by Gasteiger charge is 1.97. The molecule has 0 unspecified atom stereocenters. The van der Waals surface area contributed by atoms with Gasteiger partial charge in [0.2, 0.25) is 0 Å². The molecular formula is C15H18N2. The van der Waals surface area contributed by atoms with Crippen molar-refractivity contribution < 1.29 is 0 Å². The summed E-state index contributed by atoms with van der Waals surface area (Å²) in [6.45, 7) is 0.859. The van der Waals surface area contributed by atoms with Crippen molar-refractivity contribution in [3.63, 3.8) is 0 Å². The van der Waals surface area contributed by atoms with Gasteiger partial charge in [-0.15, -0.1) is 0 Å². The molecule has 0 saturated carbocycles. The van der Waals surface area contributed by atoms with Crippen molar-refractivity contribution in [2.75, 3.05) is 24.3 Å². The highest BCUT2D eigenvalue weighted by Crippen LogP contribution is 2.17. The first-order chi connectivity index (χ1) is 8.25. The maximum absolute atomic E-state index is 3.43. The highest BCUT2D eigenvalue weighted by atomic mass is 15.1. The lowest BCUT2D eigenvalue weighted by Crippen LogP contribution is -2.09. The van der Waals surface area contributed by atoms with Crippen LogP contribution in [0.2, 0.25) is 0 Å². The molecule has 2 heteroatoms. The molecule has 2 aromatic carbocycles. The van der Waals surface area contributed by atoms with Crippen LogP contribution in [0.4, 0.5) is 11.4 Å².